The maximum Gasteiger partial charge on any atom is 0.401 e. The van der Waals surface area contributed by atoms with E-state index in [1.165, 1.54) is 14.0 Å². The number of nitrogens with two attached hydrogens (primary N) is 1. The van der Waals surface area contributed by atoms with Crippen molar-refractivity contribution in [2.75, 3.05) is 39.9 Å². The van der Waals surface area contributed by atoms with E-state index in [2.05, 4.69) is 5.32 Å². The maximum atomic E-state index is 12.4. The number of ether oxygens (including phenoxy) is 1. The van der Waals surface area contributed by atoms with Crippen LogP contribution in [0, 0.1) is 0 Å². The van der Waals surface area contributed by atoms with Crippen LogP contribution in [0.15, 0.2) is 0 Å². The first-order valence-electron chi connectivity index (χ1n) is 6.09. The highest BCUT2D eigenvalue weighted by Crippen LogP contribution is 2.17. The van der Waals surface area contributed by atoms with E-state index >= 15 is 0 Å². The fourth-order valence-electron chi connectivity index (χ4n) is 1.55. The van der Waals surface area contributed by atoms with E-state index < -0.39 is 24.7 Å². The normalized spacial score (nSPS) is 13.6. The molecule has 1 atom stereocenters. The number of carbonyl (C=O) groups is 1. The van der Waals surface area contributed by atoms with Crippen molar-refractivity contribution in [3.8, 4) is 0 Å². The predicted molar refractivity (Wildman–Crippen MR) is 65.6 cm³/mol. The second-order valence-electron chi connectivity index (χ2n) is 4.19. The number of nitrogens with one attached hydrogen (secondary N) is 1. The Morgan fingerprint density at radius 3 is 2.58 bits per heavy atom. The molecule has 1 unspecified atom stereocenters. The van der Waals surface area contributed by atoms with Crippen molar-refractivity contribution in [1.82, 2.24) is 10.2 Å². The van der Waals surface area contributed by atoms with E-state index in [1.807, 2.05) is 0 Å². The summed E-state index contributed by atoms with van der Waals surface area (Å²) >= 11 is 0. The van der Waals surface area contributed by atoms with Crippen LogP contribution in [0.5, 0.6) is 0 Å². The summed E-state index contributed by atoms with van der Waals surface area (Å²) < 4.78 is 41.9. The Kier molecular flexibility index (Phi) is 8.70. The first-order valence-corrected chi connectivity index (χ1v) is 6.09. The lowest BCUT2D eigenvalue weighted by molar-refractivity contribution is -0.154. The van der Waals surface area contributed by atoms with E-state index in [0.717, 1.165) is 4.90 Å². The van der Waals surface area contributed by atoms with Crippen molar-refractivity contribution in [2.24, 2.45) is 5.73 Å². The average Bonchev–Trinajstić information content (AvgIpc) is 2.31. The Bertz CT molecular complexity index is 262. The van der Waals surface area contributed by atoms with Crippen molar-refractivity contribution in [3.05, 3.63) is 0 Å². The number of hydrogen-bond donors (Lipinski definition) is 2. The Morgan fingerprint density at radius 1 is 1.47 bits per heavy atom. The van der Waals surface area contributed by atoms with Gasteiger partial charge in [-0.3, -0.25) is 9.69 Å². The first-order chi connectivity index (χ1) is 8.81. The molecule has 0 fully saturated rings. The average molecular weight is 285 g/mol. The fourth-order valence-corrected chi connectivity index (χ4v) is 1.55. The smallest absolute Gasteiger partial charge is 0.385 e. The topological polar surface area (TPSA) is 67.6 Å². The van der Waals surface area contributed by atoms with Crippen LogP contribution in [0.4, 0.5) is 13.2 Å². The predicted octanol–water partition coefficient (Wildman–Crippen LogP) is 0.351. The molecule has 0 heterocycles. The van der Waals surface area contributed by atoms with Gasteiger partial charge in [0.2, 0.25) is 5.91 Å². The van der Waals surface area contributed by atoms with Gasteiger partial charge in [0.25, 0.3) is 0 Å². The van der Waals surface area contributed by atoms with Crippen LogP contribution in [-0.4, -0.2) is 62.9 Å². The lowest BCUT2D eigenvalue weighted by atomic mass is 10.2. The molecule has 1 amide bonds. The molecule has 0 aromatic rings. The van der Waals surface area contributed by atoms with Crippen LogP contribution in [-0.2, 0) is 9.53 Å². The molecule has 0 aromatic carbocycles. The SMILES string of the molecule is COCCCNC(=O)C(C)N(CCN)CC(F)(F)F. The number of hydrogen-bond acceptors (Lipinski definition) is 4. The van der Waals surface area contributed by atoms with Crippen LogP contribution >= 0.6 is 0 Å². The maximum absolute atomic E-state index is 12.4. The highest BCUT2D eigenvalue weighted by molar-refractivity contribution is 5.81. The van der Waals surface area contributed by atoms with Crippen molar-refractivity contribution < 1.29 is 22.7 Å². The van der Waals surface area contributed by atoms with Gasteiger partial charge in [0.15, 0.2) is 0 Å². The van der Waals surface area contributed by atoms with Gasteiger partial charge in [-0.05, 0) is 13.3 Å². The molecule has 0 aliphatic heterocycles. The Labute approximate surface area is 111 Å². The molecule has 19 heavy (non-hydrogen) atoms. The van der Waals surface area contributed by atoms with Gasteiger partial charge < -0.3 is 15.8 Å². The summed E-state index contributed by atoms with van der Waals surface area (Å²) in [7, 11) is 1.54. The number of alkyl halides is 3. The van der Waals surface area contributed by atoms with Crippen LogP contribution in [0.25, 0.3) is 0 Å². The third kappa shape index (κ3) is 8.79. The van der Waals surface area contributed by atoms with Crippen LogP contribution in [0.3, 0.4) is 0 Å². The van der Waals surface area contributed by atoms with Crippen molar-refractivity contribution in [3.63, 3.8) is 0 Å². The molecule has 5 nitrogen and oxygen atoms in total. The molecule has 114 valence electrons. The zero-order valence-electron chi connectivity index (χ0n) is 11.3. The van der Waals surface area contributed by atoms with E-state index in [-0.39, 0.29) is 13.1 Å². The highest BCUT2D eigenvalue weighted by Gasteiger charge is 2.34. The lowest BCUT2D eigenvalue weighted by Crippen LogP contribution is -2.50. The third-order valence-electron chi connectivity index (χ3n) is 2.55. The van der Waals surface area contributed by atoms with Crippen LogP contribution < -0.4 is 11.1 Å². The second kappa shape index (κ2) is 9.11. The number of halogens is 3. The molecular weight excluding hydrogens is 263 g/mol. The first kappa shape index (κ1) is 18.1. The van der Waals surface area contributed by atoms with Crippen molar-refractivity contribution in [1.29, 1.82) is 0 Å². The van der Waals surface area contributed by atoms with Gasteiger partial charge in [-0.2, -0.15) is 13.2 Å². The summed E-state index contributed by atoms with van der Waals surface area (Å²) in [6, 6.07) is -0.868. The minimum absolute atomic E-state index is 0.0200. The lowest BCUT2D eigenvalue weighted by Gasteiger charge is -2.28. The number of methoxy groups -OCH3 is 1. The Hall–Kier alpha value is -0.860. The van der Waals surface area contributed by atoms with E-state index in [1.54, 1.807) is 0 Å². The van der Waals surface area contributed by atoms with E-state index in [0.29, 0.717) is 19.6 Å². The third-order valence-corrected chi connectivity index (χ3v) is 2.55. The second-order valence-corrected chi connectivity index (χ2v) is 4.19. The molecule has 0 rings (SSSR count). The molecule has 0 spiro atoms. The summed E-state index contributed by atoms with van der Waals surface area (Å²) in [5.74, 6) is -0.436. The zero-order chi connectivity index (χ0) is 14.9. The van der Waals surface area contributed by atoms with Gasteiger partial charge in [0, 0.05) is 33.4 Å². The Balaban J connectivity index is 4.28. The van der Waals surface area contributed by atoms with Gasteiger partial charge in [-0.25, -0.2) is 0 Å². The Morgan fingerprint density at radius 2 is 2.11 bits per heavy atom. The molecule has 0 radical (unpaired) electrons. The molecule has 0 aliphatic carbocycles. The quantitative estimate of drug-likeness (QED) is 0.600. The zero-order valence-corrected chi connectivity index (χ0v) is 11.3. The summed E-state index contributed by atoms with van der Waals surface area (Å²) in [4.78, 5) is 12.7. The number of carbonyl (C=O) groups excluding carboxylic acids is 1. The van der Waals surface area contributed by atoms with Crippen molar-refractivity contribution >= 4 is 5.91 Å². The van der Waals surface area contributed by atoms with E-state index in [9.17, 15) is 18.0 Å². The molecular formula is C11H22F3N3O2. The monoisotopic (exact) mass is 285 g/mol. The molecule has 0 bridgehead atoms. The van der Waals surface area contributed by atoms with Gasteiger partial charge in [-0.15, -0.1) is 0 Å². The molecule has 0 saturated heterocycles. The van der Waals surface area contributed by atoms with Gasteiger partial charge in [0.1, 0.15) is 0 Å². The molecule has 0 aromatic heterocycles. The standard InChI is InChI=1S/C11H22F3N3O2/c1-9(10(18)16-5-3-7-19-2)17(6-4-15)8-11(12,13)14/h9H,3-8,15H2,1-2H3,(H,16,18). The number of amides is 1. The molecule has 3 N–H and O–H groups in total. The van der Waals surface area contributed by atoms with Gasteiger partial charge in [0.05, 0.1) is 12.6 Å². The fraction of sp³-hybridized carbons (Fsp3) is 0.909. The molecule has 0 saturated carbocycles. The minimum Gasteiger partial charge on any atom is -0.385 e. The van der Waals surface area contributed by atoms with Crippen LogP contribution in [0.2, 0.25) is 0 Å². The molecule has 8 heteroatoms. The van der Waals surface area contributed by atoms with Gasteiger partial charge >= 0.3 is 6.18 Å². The summed E-state index contributed by atoms with van der Waals surface area (Å²) in [6.45, 7) is 1.25. The van der Waals surface area contributed by atoms with E-state index in [4.69, 9.17) is 10.5 Å². The molecule has 0 aliphatic rings. The summed E-state index contributed by atoms with van der Waals surface area (Å²) in [5.41, 5.74) is 5.27. The van der Waals surface area contributed by atoms with Crippen LogP contribution in [0.1, 0.15) is 13.3 Å². The summed E-state index contributed by atoms with van der Waals surface area (Å²) in [6.07, 6.45) is -3.73. The highest BCUT2D eigenvalue weighted by atomic mass is 19.4. The number of nitrogens with zero attached hydrogens (tertiary/aromatic N) is 1. The summed E-state index contributed by atoms with van der Waals surface area (Å²) in [5, 5.41) is 2.57. The van der Waals surface area contributed by atoms with Gasteiger partial charge in [-0.1, -0.05) is 0 Å². The van der Waals surface area contributed by atoms with Crippen molar-refractivity contribution in [2.45, 2.75) is 25.6 Å². The number of rotatable bonds is 9. The minimum atomic E-state index is -4.35. The largest absolute Gasteiger partial charge is 0.401 e.